The lowest BCUT2D eigenvalue weighted by Crippen LogP contribution is -2.61. The Hall–Kier alpha value is -3.46. The molecule has 0 aromatic rings. The van der Waals surface area contributed by atoms with Crippen LogP contribution < -0.4 is 38.9 Å². The van der Waals surface area contributed by atoms with Crippen LogP contribution in [0.25, 0.3) is 0 Å². The molecular formula is C20H38N8O7. The number of carbonyl (C=O) groups is 5. The maximum absolute atomic E-state index is 13.0. The first-order valence-corrected chi connectivity index (χ1v) is 11.1. The van der Waals surface area contributed by atoms with E-state index in [1.807, 2.05) is 0 Å². The maximum atomic E-state index is 13.0. The predicted octanol–water partition coefficient (Wildman–Crippen LogP) is -3.79. The van der Waals surface area contributed by atoms with Crippen LogP contribution in [-0.2, 0) is 24.0 Å². The molecular weight excluding hydrogens is 464 g/mol. The van der Waals surface area contributed by atoms with Crippen LogP contribution in [0.5, 0.6) is 0 Å². The normalized spacial score (nSPS) is 15.9. The van der Waals surface area contributed by atoms with Gasteiger partial charge in [-0.2, -0.15) is 0 Å². The van der Waals surface area contributed by atoms with Gasteiger partial charge in [-0.25, -0.2) is 4.79 Å². The molecule has 0 heterocycles. The molecule has 0 bridgehead atoms. The van der Waals surface area contributed by atoms with E-state index in [-0.39, 0.29) is 24.8 Å². The van der Waals surface area contributed by atoms with Gasteiger partial charge in [-0.05, 0) is 25.7 Å². The molecule has 0 aliphatic rings. The van der Waals surface area contributed by atoms with Crippen molar-refractivity contribution in [3.05, 3.63) is 0 Å². The van der Waals surface area contributed by atoms with Crippen molar-refractivity contribution < 1.29 is 34.2 Å². The van der Waals surface area contributed by atoms with Crippen LogP contribution in [0.1, 0.15) is 46.5 Å². The van der Waals surface area contributed by atoms with E-state index >= 15 is 0 Å². The monoisotopic (exact) mass is 502 g/mol. The first-order valence-electron chi connectivity index (χ1n) is 11.1. The quantitative estimate of drug-likeness (QED) is 0.0563. The average Bonchev–Trinajstić information content (AvgIpc) is 2.76. The summed E-state index contributed by atoms with van der Waals surface area (Å²) in [6, 6.07) is -5.29. The van der Waals surface area contributed by atoms with E-state index in [2.05, 4.69) is 20.9 Å². The third-order valence-corrected chi connectivity index (χ3v) is 5.18. The standard InChI is InChI=1S/C20H38N8O7/c1-4-9(2)14(27-16(31)11(21)6-5-7-25-20(23)24)17(32)28-15(10(3)29)18(33)26-12(19(34)35)8-13(22)30/h9-12,14-15,29H,4-8,21H2,1-3H3,(H2,22,30)(H,26,33)(H,27,31)(H,28,32)(H,34,35)(H4,23,24,25). The summed E-state index contributed by atoms with van der Waals surface area (Å²) >= 11 is 0. The van der Waals surface area contributed by atoms with Gasteiger partial charge in [0.25, 0.3) is 0 Å². The van der Waals surface area contributed by atoms with Gasteiger partial charge in [-0.1, -0.05) is 20.3 Å². The van der Waals surface area contributed by atoms with Gasteiger partial charge < -0.3 is 49.1 Å². The number of hydrogen-bond donors (Lipinski definition) is 9. The summed E-state index contributed by atoms with van der Waals surface area (Å²) < 4.78 is 0. The summed E-state index contributed by atoms with van der Waals surface area (Å²) in [5.74, 6) is -5.41. The number of primary amides is 1. The van der Waals surface area contributed by atoms with Crippen molar-refractivity contribution in [1.82, 2.24) is 16.0 Å². The Bertz CT molecular complexity index is 785. The van der Waals surface area contributed by atoms with E-state index < -0.39 is 66.3 Å². The average molecular weight is 503 g/mol. The second-order valence-corrected chi connectivity index (χ2v) is 8.22. The van der Waals surface area contributed by atoms with Crippen LogP contribution >= 0.6 is 0 Å². The highest BCUT2D eigenvalue weighted by Gasteiger charge is 2.34. The molecule has 0 aromatic carbocycles. The van der Waals surface area contributed by atoms with Crippen molar-refractivity contribution in [3.63, 3.8) is 0 Å². The lowest BCUT2D eigenvalue weighted by atomic mass is 9.97. The predicted molar refractivity (Wildman–Crippen MR) is 126 cm³/mol. The maximum Gasteiger partial charge on any atom is 0.326 e. The third kappa shape index (κ3) is 12.0. The van der Waals surface area contributed by atoms with Crippen LogP contribution in [-0.4, -0.2) is 82.6 Å². The summed E-state index contributed by atoms with van der Waals surface area (Å²) in [6.07, 6.45) is -0.982. The number of rotatable bonds is 16. The Labute approximate surface area is 203 Å². The lowest BCUT2D eigenvalue weighted by Gasteiger charge is -2.28. The molecule has 4 amide bonds. The Morgan fingerprint density at radius 2 is 1.46 bits per heavy atom. The van der Waals surface area contributed by atoms with E-state index in [1.165, 1.54) is 6.92 Å². The van der Waals surface area contributed by atoms with Gasteiger partial charge in [-0.3, -0.25) is 24.2 Å². The molecule has 6 atom stereocenters. The van der Waals surface area contributed by atoms with Gasteiger partial charge in [0.2, 0.25) is 23.6 Å². The molecule has 0 spiro atoms. The van der Waals surface area contributed by atoms with Gasteiger partial charge in [0, 0.05) is 6.54 Å². The first kappa shape index (κ1) is 31.5. The number of amides is 4. The number of nitrogens with two attached hydrogens (primary N) is 4. The fraction of sp³-hybridized carbons (Fsp3) is 0.700. The third-order valence-electron chi connectivity index (χ3n) is 5.18. The summed E-state index contributed by atoms with van der Waals surface area (Å²) in [7, 11) is 0. The first-order chi connectivity index (χ1) is 16.2. The molecule has 200 valence electrons. The Morgan fingerprint density at radius 1 is 0.914 bits per heavy atom. The van der Waals surface area contributed by atoms with Crippen LogP contribution in [0, 0.1) is 5.92 Å². The van der Waals surface area contributed by atoms with E-state index in [4.69, 9.17) is 22.9 Å². The smallest absolute Gasteiger partial charge is 0.326 e. The van der Waals surface area contributed by atoms with E-state index in [1.54, 1.807) is 13.8 Å². The minimum atomic E-state index is -1.65. The fourth-order valence-electron chi connectivity index (χ4n) is 2.92. The van der Waals surface area contributed by atoms with E-state index in [0.29, 0.717) is 12.8 Å². The number of carboxylic acid groups (broad SMARTS) is 1. The topological polar surface area (TPSA) is 278 Å². The highest BCUT2D eigenvalue weighted by atomic mass is 16.4. The Balaban J connectivity index is 5.38. The molecule has 13 N–H and O–H groups in total. The van der Waals surface area contributed by atoms with Gasteiger partial charge in [0.15, 0.2) is 5.96 Å². The number of nitrogens with one attached hydrogen (secondary N) is 3. The number of aliphatic hydroxyl groups is 1. The van der Waals surface area contributed by atoms with Crippen molar-refractivity contribution in [2.75, 3.05) is 6.54 Å². The molecule has 6 unspecified atom stereocenters. The second kappa shape index (κ2) is 15.4. The number of aliphatic hydroxyl groups excluding tert-OH is 1. The van der Waals surface area contributed by atoms with Crippen LogP contribution in [0.4, 0.5) is 0 Å². The Kier molecular flexibility index (Phi) is 13.9. The number of nitrogens with zero attached hydrogens (tertiary/aromatic N) is 1. The Morgan fingerprint density at radius 3 is 1.91 bits per heavy atom. The second-order valence-electron chi connectivity index (χ2n) is 8.22. The molecule has 0 radical (unpaired) electrons. The number of aliphatic imine (C=N–C) groups is 1. The van der Waals surface area contributed by atoms with Crippen LogP contribution in [0.15, 0.2) is 4.99 Å². The highest BCUT2D eigenvalue weighted by Crippen LogP contribution is 2.10. The minimum Gasteiger partial charge on any atom is -0.480 e. The van der Waals surface area contributed by atoms with Gasteiger partial charge in [-0.15, -0.1) is 0 Å². The molecule has 15 nitrogen and oxygen atoms in total. The molecule has 0 saturated heterocycles. The lowest BCUT2D eigenvalue weighted by molar-refractivity contribution is -0.144. The largest absolute Gasteiger partial charge is 0.480 e. The van der Waals surface area contributed by atoms with Gasteiger partial charge in [0.05, 0.1) is 18.6 Å². The van der Waals surface area contributed by atoms with E-state index in [9.17, 15) is 34.2 Å². The van der Waals surface area contributed by atoms with Crippen molar-refractivity contribution in [3.8, 4) is 0 Å². The highest BCUT2D eigenvalue weighted by molar-refractivity contribution is 5.95. The zero-order valence-electron chi connectivity index (χ0n) is 20.2. The molecule has 15 heteroatoms. The summed E-state index contributed by atoms with van der Waals surface area (Å²) in [4.78, 5) is 64.2. The van der Waals surface area contributed by atoms with E-state index in [0.717, 1.165) is 0 Å². The van der Waals surface area contributed by atoms with Crippen molar-refractivity contribution >= 4 is 35.6 Å². The molecule has 0 aromatic heterocycles. The van der Waals surface area contributed by atoms with Crippen LogP contribution in [0.2, 0.25) is 0 Å². The zero-order chi connectivity index (χ0) is 27.3. The van der Waals surface area contributed by atoms with Gasteiger partial charge >= 0.3 is 5.97 Å². The van der Waals surface area contributed by atoms with Gasteiger partial charge in [0.1, 0.15) is 18.1 Å². The summed E-state index contributed by atoms with van der Waals surface area (Å²) in [5.41, 5.74) is 21.4. The molecule has 35 heavy (non-hydrogen) atoms. The minimum absolute atomic E-state index is 0.0856. The zero-order valence-corrected chi connectivity index (χ0v) is 20.2. The van der Waals surface area contributed by atoms with Crippen molar-refractivity contribution in [2.45, 2.75) is 76.7 Å². The summed E-state index contributed by atoms with van der Waals surface area (Å²) in [5, 5.41) is 26.1. The number of hydrogen-bond acceptors (Lipinski definition) is 8. The number of carboxylic acids is 1. The number of guanidine groups is 1. The number of aliphatic carboxylic acids is 1. The SMILES string of the molecule is CCC(C)C(NC(=O)C(N)CCCN=C(N)N)C(=O)NC(C(=O)NC(CC(N)=O)C(=O)O)C(C)O. The number of carbonyl (C=O) groups excluding carboxylic acids is 4. The molecule has 0 saturated carbocycles. The molecule has 0 rings (SSSR count). The van der Waals surface area contributed by atoms with Crippen molar-refractivity contribution in [1.29, 1.82) is 0 Å². The molecule has 0 fully saturated rings. The molecule has 0 aliphatic heterocycles. The fourth-order valence-corrected chi connectivity index (χ4v) is 2.92. The van der Waals surface area contributed by atoms with Crippen LogP contribution in [0.3, 0.4) is 0 Å². The van der Waals surface area contributed by atoms with Crippen molar-refractivity contribution in [2.24, 2.45) is 33.8 Å². The summed E-state index contributed by atoms with van der Waals surface area (Å²) in [6.45, 7) is 4.96. The molecule has 0 aliphatic carbocycles.